The molecular weight excluding hydrogens is 186 g/mol. The van der Waals surface area contributed by atoms with Crippen molar-refractivity contribution in [3.05, 3.63) is 0 Å². The first-order chi connectivity index (χ1) is 7.17. The molecule has 0 amide bonds. The molecule has 0 heterocycles. The van der Waals surface area contributed by atoms with Crippen LogP contribution in [0.15, 0.2) is 0 Å². The second kappa shape index (κ2) is 6.09. The fourth-order valence-corrected chi connectivity index (χ4v) is 2.40. The van der Waals surface area contributed by atoms with Crippen molar-refractivity contribution in [3.8, 4) is 6.07 Å². The molecule has 3 heteroatoms. The van der Waals surface area contributed by atoms with E-state index in [0.717, 1.165) is 25.9 Å². The molecule has 1 atom stereocenters. The summed E-state index contributed by atoms with van der Waals surface area (Å²) in [5.74, 6) is 0.139. The van der Waals surface area contributed by atoms with Crippen molar-refractivity contribution in [3.63, 3.8) is 0 Å². The molecule has 86 valence electrons. The lowest BCUT2D eigenvalue weighted by molar-refractivity contribution is 0.147. The summed E-state index contributed by atoms with van der Waals surface area (Å²) in [6.07, 6.45) is 4.69. The maximum atomic E-state index is 8.82. The maximum Gasteiger partial charge on any atom is 0.0666 e. The van der Waals surface area contributed by atoms with Gasteiger partial charge in [-0.15, -0.1) is 0 Å². The van der Waals surface area contributed by atoms with Crippen molar-refractivity contribution in [2.75, 3.05) is 13.1 Å². The zero-order chi connectivity index (χ0) is 11.3. The topological polar surface area (TPSA) is 53.0 Å². The highest BCUT2D eigenvalue weighted by atomic mass is 15.1. The van der Waals surface area contributed by atoms with E-state index in [2.05, 4.69) is 17.9 Å². The average molecular weight is 209 g/mol. The lowest BCUT2D eigenvalue weighted by atomic mass is 9.90. The van der Waals surface area contributed by atoms with Crippen LogP contribution in [0.1, 0.15) is 39.5 Å². The minimum atomic E-state index is 0.139. The number of rotatable bonds is 4. The normalized spacial score (nSPS) is 28.7. The van der Waals surface area contributed by atoms with E-state index in [0.29, 0.717) is 12.1 Å². The molecule has 0 aromatic rings. The van der Waals surface area contributed by atoms with Gasteiger partial charge in [-0.3, -0.25) is 4.90 Å². The zero-order valence-electron chi connectivity index (χ0n) is 9.95. The standard InChI is InChI=1S/C12H23N3/c1-3-15(9-10(2)8-13)12-6-4-11(14)5-7-12/h10-12H,3-7,9,14H2,1-2H3. The summed E-state index contributed by atoms with van der Waals surface area (Å²) in [4.78, 5) is 2.44. The largest absolute Gasteiger partial charge is 0.328 e. The van der Waals surface area contributed by atoms with Crippen LogP contribution in [0.5, 0.6) is 0 Å². The molecule has 1 aliphatic carbocycles. The lowest BCUT2D eigenvalue weighted by Gasteiger charge is -2.35. The summed E-state index contributed by atoms with van der Waals surface area (Å²) in [6, 6.07) is 3.38. The van der Waals surface area contributed by atoms with Crippen molar-refractivity contribution in [1.82, 2.24) is 4.90 Å². The minimum absolute atomic E-state index is 0.139. The molecule has 0 spiro atoms. The van der Waals surface area contributed by atoms with Crippen LogP contribution >= 0.6 is 0 Å². The van der Waals surface area contributed by atoms with Crippen LogP contribution in [0.3, 0.4) is 0 Å². The van der Waals surface area contributed by atoms with Crippen LogP contribution in [-0.4, -0.2) is 30.1 Å². The van der Waals surface area contributed by atoms with Gasteiger partial charge in [0.05, 0.1) is 12.0 Å². The fraction of sp³-hybridized carbons (Fsp3) is 0.917. The average Bonchev–Trinajstić information content (AvgIpc) is 2.27. The Hall–Kier alpha value is -0.590. The molecule has 0 aliphatic heterocycles. The molecule has 2 N–H and O–H groups in total. The third-order valence-corrected chi connectivity index (χ3v) is 3.39. The van der Waals surface area contributed by atoms with Gasteiger partial charge < -0.3 is 5.73 Å². The predicted octanol–water partition coefficient (Wildman–Crippen LogP) is 1.74. The first-order valence-electron chi connectivity index (χ1n) is 6.06. The summed E-state index contributed by atoms with van der Waals surface area (Å²) in [7, 11) is 0. The van der Waals surface area contributed by atoms with Gasteiger partial charge in [0.15, 0.2) is 0 Å². The quantitative estimate of drug-likeness (QED) is 0.767. The highest BCUT2D eigenvalue weighted by Gasteiger charge is 2.24. The van der Waals surface area contributed by atoms with E-state index in [-0.39, 0.29) is 5.92 Å². The summed E-state index contributed by atoms with van der Waals surface area (Å²) < 4.78 is 0. The third-order valence-electron chi connectivity index (χ3n) is 3.39. The second-order valence-corrected chi connectivity index (χ2v) is 4.69. The van der Waals surface area contributed by atoms with Crippen molar-refractivity contribution in [2.45, 2.75) is 51.6 Å². The van der Waals surface area contributed by atoms with Crippen LogP contribution < -0.4 is 5.73 Å². The summed E-state index contributed by atoms with van der Waals surface area (Å²) in [5.41, 5.74) is 5.90. The molecule has 0 aromatic carbocycles. The van der Waals surface area contributed by atoms with Gasteiger partial charge in [-0.05, 0) is 39.2 Å². The van der Waals surface area contributed by atoms with E-state index in [1.165, 1.54) is 12.8 Å². The molecule has 0 bridgehead atoms. The van der Waals surface area contributed by atoms with Crippen molar-refractivity contribution in [1.29, 1.82) is 5.26 Å². The third kappa shape index (κ3) is 3.81. The monoisotopic (exact) mass is 209 g/mol. The molecule has 1 aliphatic rings. The zero-order valence-corrected chi connectivity index (χ0v) is 9.95. The van der Waals surface area contributed by atoms with Gasteiger partial charge in [0.25, 0.3) is 0 Å². The molecular formula is C12H23N3. The minimum Gasteiger partial charge on any atom is -0.328 e. The molecule has 1 rings (SSSR count). The van der Waals surface area contributed by atoms with Crippen LogP contribution in [0.2, 0.25) is 0 Å². The molecule has 0 radical (unpaired) electrons. The number of hydrogen-bond acceptors (Lipinski definition) is 3. The summed E-state index contributed by atoms with van der Waals surface area (Å²) >= 11 is 0. The van der Waals surface area contributed by atoms with Crippen LogP contribution in [0.4, 0.5) is 0 Å². The smallest absolute Gasteiger partial charge is 0.0666 e. The number of nitriles is 1. The van der Waals surface area contributed by atoms with Gasteiger partial charge >= 0.3 is 0 Å². The Bertz CT molecular complexity index is 213. The first kappa shape index (κ1) is 12.5. The molecule has 15 heavy (non-hydrogen) atoms. The molecule has 0 aromatic heterocycles. The van der Waals surface area contributed by atoms with Gasteiger partial charge in [-0.1, -0.05) is 6.92 Å². The number of hydrogen-bond donors (Lipinski definition) is 1. The second-order valence-electron chi connectivity index (χ2n) is 4.69. The van der Waals surface area contributed by atoms with Gasteiger partial charge in [-0.2, -0.15) is 5.26 Å². The number of nitrogens with two attached hydrogens (primary N) is 1. The van der Waals surface area contributed by atoms with E-state index in [1.807, 2.05) is 6.92 Å². The van der Waals surface area contributed by atoms with E-state index in [1.54, 1.807) is 0 Å². The van der Waals surface area contributed by atoms with Crippen LogP contribution in [0.25, 0.3) is 0 Å². The van der Waals surface area contributed by atoms with Gasteiger partial charge in [0.1, 0.15) is 0 Å². The van der Waals surface area contributed by atoms with E-state index in [9.17, 15) is 0 Å². The van der Waals surface area contributed by atoms with Gasteiger partial charge in [0.2, 0.25) is 0 Å². The number of nitrogens with zero attached hydrogens (tertiary/aromatic N) is 2. The Labute approximate surface area is 93.2 Å². The summed E-state index contributed by atoms with van der Waals surface area (Å²) in [6.45, 7) is 6.13. The van der Waals surface area contributed by atoms with Gasteiger partial charge in [0, 0.05) is 18.6 Å². The predicted molar refractivity (Wildman–Crippen MR) is 62.3 cm³/mol. The maximum absolute atomic E-state index is 8.82. The van der Waals surface area contributed by atoms with Crippen LogP contribution in [-0.2, 0) is 0 Å². The van der Waals surface area contributed by atoms with E-state index < -0.39 is 0 Å². The Morgan fingerprint density at radius 2 is 2.00 bits per heavy atom. The van der Waals surface area contributed by atoms with Crippen molar-refractivity contribution < 1.29 is 0 Å². The van der Waals surface area contributed by atoms with E-state index >= 15 is 0 Å². The molecule has 1 unspecified atom stereocenters. The molecule has 0 saturated heterocycles. The van der Waals surface area contributed by atoms with Crippen LogP contribution in [0, 0.1) is 17.2 Å². The Balaban J connectivity index is 2.41. The first-order valence-corrected chi connectivity index (χ1v) is 6.06. The Kier molecular flexibility index (Phi) is 5.07. The molecule has 1 fully saturated rings. The van der Waals surface area contributed by atoms with Crippen molar-refractivity contribution in [2.24, 2.45) is 11.7 Å². The van der Waals surface area contributed by atoms with Crippen molar-refractivity contribution >= 4 is 0 Å². The SMILES string of the molecule is CCN(CC(C)C#N)C1CCC(N)CC1. The molecule has 3 nitrogen and oxygen atoms in total. The highest BCUT2D eigenvalue weighted by molar-refractivity contribution is 4.86. The summed E-state index contributed by atoms with van der Waals surface area (Å²) in [5, 5.41) is 8.82. The lowest BCUT2D eigenvalue weighted by Crippen LogP contribution is -2.42. The molecule has 1 saturated carbocycles. The highest BCUT2D eigenvalue weighted by Crippen LogP contribution is 2.22. The van der Waals surface area contributed by atoms with E-state index in [4.69, 9.17) is 11.0 Å². The fourth-order valence-electron chi connectivity index (χ4n) is 2.40. The van der Waals surface area contributed by atoms with Gasteiger partial charge in [-0.25, -0.2) is 0 Å². The Morgan fingerprint density at radius 1 is 1.40 bits per heavy atom. The Morgan fingerprint density at radius 3 is 2.47 bits per heavy atom.